The molecule has 0 spiro atoms. The molecule has 5 nitrogen and oxygen atoms in total. The highest BCUT2D eigenvalue weighted by Crippen LogP contribution is 2.04. The third-order valence-electron chi connectivity index (χ3n) is 2.08. The lowest BCUT2D eigenvalue weighted by molar-refractivity contribution is 0.765. The molecule has 0 aliphatic heterocycles. The second-order valence-electron chi connectivity index (χ2n) is 3.22. The van der Waals surface area contributed by atoms with E-state index >= 15 is 0 Å². The molecule has 2 aromatic rings. The highest BCUT2D eigenvalue weighted by Gasteiger charge is 1.99. The number of hydrogen-bond acceptors (Lipinski definition) is 3. The molecule has 2 rings (SSSR count). The summed E-state index contributed by atoms with van der Waals surface area (Å²) in [5.41, 5.74) is 1.13. The molecule has 0 aliphatic carbocycles. The average molecular weight is 191 g/mol. The maximum absolute atomic E-state index is 4.22. The predicted octanol–water partition coefficient (Wildman–Crippen LogP) is 0.766. The van der Waals surface area contributed by atoms with Gasteiger partial charge in [0, 0.05) is 32.6 Å². The van der Waals surface area contributed by atoms with Crippen molar-refractivity contribution in [1.82, 2.24) is 19.3 Å². The maximum Gasteiger partial charge on any atom is 0.148 e. The normalized spacial score (nSPS) is 10.4. The van der Waals surface area contributed by atoms with E-state index in [1.165, 1.54) is 0 Å². The van der Waals surface area contributed by atoms with Crippen molar-refractivity contribution in [2.75, 3.05) is 5.32 Å². The standard InChI is InChI=1S/C9H13N5/c1-13-7-10-5-8(13)6-11-9-3-4-14(2)12-9/h3-5,7H,6H2,1-2H3,(H,11,12). The number of anilines is 1. The monoisotopic (exact) mass is 191 g/mol. The highest BCUT2D eigenvalue weighted by molar-refractivity contribution is 5.32. The van der Waals surface area contributed by atoms with Crippen molar-refractivity contribution < 1.29 is 0 Å². The Labute approximate surface area is 82.4 Å². The molecule has 0 unspecified atom stereocenters. The SMILES string of the molecule is Cn1ccc(NCc2cncn2C)n1. The number of aryl methyl sites for hydroxylation is 2. The van der Waals surface area contributed by atoms with E-state index in [0.717, 1.165) is 18.1 Å². The number of imidazole rings is 1. The largest absolute Gasteiger partial charge is 0.363 e. The minimum atomic E-state index is 0.744. The van der Waals surface area contributed by atoms with Crippen LogP contribution in [-0.4, -0.2) is 19.3 Å². The van der Waals surface area contributed by atoms with Crippen molar-refractivity contribution in [2.24, 2.45) is 14.1 Å². The van der Waals surface area contributed by atoms with Gasteiger partial charge in [0.1, 0.15) is 5.82 Å². The lowest BCUT2D eigenvalue weighted by Crippen LogP contribution is -2.04. The van der Waals surface area contributed by atoms with Crippen molar-refractivity contribution in [3.63, 3.8) is 0 Å². The van der Waals surface area contributed by atoms with Crippen LogP contribution in [0.5, 0.6) is 0 Å². The molecule has 0 fully saturated rings. The fraction of sp³-hybridized carbons (Fsp3) is 0.333. The van der Waals surface area contributed by atoms with E-state index in [1.807, 2.05) is 37.1 Å². The van der Waals surface area contributed by atoms with Crippen molar-refractivity contribution in [1.29, 1.82) is 0 Å². The molecule has 0 atom stereocenters. The van der Waals surface area contributed by atoms with Gasteiger partial charge in [0.25, 0.3) is 0 Å². The fourth-order valence-corrected chi connectivity index (χ4v) is 1.25. The van der Waals surface area contributed by atoms with Gasteiger partial charge in [0.05, 0.1) is 18.6 Å². The second-order valence-corrected chi connectivity index (χ2v) is 3.22. The van der Waals surface area contributed by atoms with E-state index in [9.17, 15) is 0 Å². The Morgan fingerprint density at radius 3 is 2.86 bits per heavy atom. The first kappa shape index (κ1) is 8.80. The minimum absolute atomic E-state index is 0.744. The predicted molar refractivity (Wildman–Crippen MR) is 53.7 cm³/mol. The smallest absolute Gasteiger partial charge is 0.148 e. The molecular formula is C9H13N5. The van der Waals surface area contributed by atoms with Gasteiger partial charge in [0.2, 0.25) is 0 Å². The molecule has 2 aromatic heterocycles. The Bertz CT molecular complexity index is 414. The first-order valence-corrected chi connectivity index (χ1v) is 4.44. The molecule has 0 saturated heterocycles. The van der Waals surface area contributed by atoms with Crippen molar-refractivity contribution in [3.8, 4) is 0 Å². The molecule has 0 aliphatic rings. The summed E-state index contributed by atoms with van der Waals surface area (Å²) >= 11 is 0. The van der Waals surface area contributed by atoms with Crippen LogP contribution in [0.25, 0.3) is 0 Å². The van der Waals surface area contributed by atoms with Gasteiger partial charge in [0.15, 0.2) is 0 Å². The third-order valence-corrected chi connectivity index (χ3v) is 2.08. The summed E-state index contributed by atoms with van der Waals surface area (Å²) < 4.78 is 3.75. The summed E-state index contributed by atoms with van der Waals surface area (Å²) in [6.45, 7) is 0.744. The zero-order valence-electron chi connectivity index (χ0n) is 8.31. The van der Waals surface area contributed by atoms with E-state index in [-0.39, 0.29) is 0 Å². The lowest BCUT2D eigenvalue weighted by atomic mass is 10.4. The molecule has 2 heterocycles. The number of aromatic nitrogens is 4. The lowest BCUT2D eigenvalue weighted by Gasteiger charge is -2.02. The Morgan fingerprint density at radius 2 is 2.29 bits per heavy atom. The first-order chi connectivity index (χ1) is 6.75. The zero-order valence-corrected chi connectivity index (χ0v) is 8.31. The Morgan fingerprint density at radius 1 is 1.43 bits per heavy atom. The number of nitrogens with zero attached hydrogens (tertiary/aromatic N) is 4. The van der Waals surface area contributed by atoms with E-state index in [4.69, 9.17) is 0 Å². The van der Waals surface area contributed by atoms with E-state index in [2.05, 4.69) is 15.4 Å². The molecule has 0 radical (unpaired) electrons. The van der Waals surface area contributed by atoms with Gasteiger partial charge in [-0.1, -0.05) is 0 Å². The molecule has 0 bridgehead atoms. The van der Waals surface area contributed by atoms with Crippen LogP contribution in [0, 0.1) is 0 Å². The highest BCUT2D eigenvalue weighted by atomic mass is 15.3. The summed E-state index contributed by atoms with van der Waals surface area (Å²) in [5.74, 6) is 0.883. The number of rotatable bonds is 3. The van der Waals surface area contributed by atoms with Crippen LogP contribution in [-0.2, 0) is 20.6 Å². The summed E-state index contributed by atoms with van der Waals surface area (Å²) in [4.78, 5) is 4.04. The van der Waals surface area contributed by atoms with Gasteiger partial charge in [-0.2, -0.15) is 5.10 Å². The summed E-state index contributed by atoms with van der Waals surface area (Å²) in [7, 11) is 3.87. The van der Waals surface area contributed by atoms with Crippen LogP contribution < -0.4 is 5.32 Å². The van der Waals surface area contributed by atoms with E-state index < -0.39 is 0 Å². The van der Waals surface area contributed by atoms with Gasteiger partial charge >= 0.3 is 0 Å². The van der Waals surface area contributed by atoms with Crippen LogP contribution in [0.15, 0.2) is 24.8 Å². The molecular weight excluding hydrogens is 178 g/mol. The van der Waals surface area contributed by atoms with Gasteiger partial charge in [-0.05, 0) is 0 Å². The molecule has 0 amide bonds. The van der Waals surface area contributed by atoms with Gasteiger partial charge < -0.3 is 9.88 Å². The van der Waals surface area contributed by atoms with Crippen molar-refractivity contribution in [3.05, 3.63) is 30.5 Å². The van der Waals surface area contributed by atoms with Gasteiger partial charge in [-0.15, -0.1) is 0 Å². The number of hydrogen-bond donors (Lipinski definition) is 1. The summed E-state index contributed by atoms with van der Waals surface area (Å²) in [6.07, 6.45) is 5.54. The van der Waals surface area contributed by atoms with Gasteiger partial charge in [-0.3, -0.25) is 4.68 Å². The van der Waals surface area contributed by atoms with Crippen LogP contribution in [0.3, 0.4) is 0 Å². The minimum Gasteiger partial charge on any atom is -0.363 e. The van der Waals surface area contributed by atoms with Crippen LogP contribution in [0.4, 0.5) is 5.82 Å². The van der Waals surface area contributed by atoms with Crippen molar-refractivity contribution in [2.45, 2.75) is 6.54 Å². The first-order valence-electron chi connectivity index (χ1n) is 4.44. The Balaban J connectivity index is 1.98. The summed E-state index contributed by atoms with van der Waals surface area (Å²) in [6, 6.07) is 1.94. The molecule has 0 saturated carbocycles. The van der Waals surface area contributed by atoms with E-state index in [0.29, 0.717) is 0 Å². The van der Waals surface area contributed by atoms with Crippen molar-refractivity contribution >= 4 is 5.82 Å². The third kappa shape index (κ3) is 1.76. The van der Waals surface area contributed by atoms with Crippen LogP contribution >= 0.6 is 0 Å². The van der Waals surface area contributed by atoms with Crippen LogP contribution in [0.1, 0.15) is 5.69 Å². The molecule has 74 valence electrons. The topological polar surface area (TPSA) is 47.7 Å². The second kappa shape index (κ2) is 3.53. The molecule has 14 heavy (non-hydrogen) atoms. The zero-order chi connectivity index (χ0) is 9.97. The molecule has 0 aromatic carbocycles. The van der Waals surface area contributed by atoms with Gasteiger partial charge in [-0.25, -0.2) is 4.98 Å². The fourth-order valence-electron chi connectivity index (χ4n) is 1.25. The quantitative estimate of drug-likeness (QED) is 0.779. The maximum atomic E-state index is 4.22. The Kier molecular flexibility index (Phi) is 2.22. The Hall–Kier alpha value is -1.78. The van der Waals surface area contributed by atoms with E-state index in [1.54, 1.807) is 11.0 Å². The number of nitrogens with one attached hydrogen (secondary N) is 1. The van der Waals surface area contributed by atoms with Crippen LogP contribution in [0.2, 0.25) is 0 Å². The summed E-state index contributed by atoms with van der Waals surface area (Å²) in [5, 5.41) is 7.43. The molecule has 5 heteroatoms. The average Bonchev–Trinajstić information content (AvgIpc) is 2.72. The molecule has 1 N–H and O–H groups in total.